The second-order valence-electron chi connectivity index (χ2n) is 7.29. The summed E-state index contributed by atoms with van der Waals surface area (Å²) >= 11 is 0. The maximum absolute atomic E-state index is 13.2. The molecule has 0 amide bonds. The van der Waals surface area contributed by atoms with Crippen LogP contribution in [0, 0.1) is 12.3 Å². The lowest BCUT2D eigenvalue weighted by Crippen LogP contribution is -2.48. The average molecular weight is 427 g/mol. The molecule has 164 valence electrons. The van der Waals surface area contributed by atoms with Crippen molar-refractivity contribution in [1.82, 2.24) is 4.98 Å². The summed E-state index contributed by atoms with van der Waals surface area (Å²) in [6.07, 6.45) is 2.44. The van der Waals surface area contributed by atoms with E-state index in [2.05, 4.69) is 4.98 Å². The summed E-state index contributed by atoms with van der Waals surface area (Å²) in [5, 5.41) is 18.8. The largest absolute Gasteiger partial charge is 0.481 e. The highest BCUT2D eigenvalue weighted by molar-refractivity contribution is 6.27. The van der Waals surface area contributed by atoms with Gasteiger partial charge in [-0.15, -0.1) is 0 Å². The molecule has 2 rings (SSSR count). The van der Waals surface area contributed by atoms with Crippen molar-refractivity contribution in [2.75, 3.05) is 6.61 Å². The average Bonchev–Trinajstić information content (AvgIpc) is 2.73. The minimum Gasteiger partial charge on any atom is -0.481 e. The molecule has 0 saturated carbocycles. The number of ether oxygens (including phenoxy) is 1. The lowest BCUT2D eigenvalue weighted by atomic mass is 9.73. The van der Waals surface area contributed by atoms with Crippen molar-refractivity contribution < 1.29 is 34.1 Å². The molecule has 0 fully saturated rings. The van der Waals surface area contributed by atoms with E-state index < -0.39 is 35.5 Å². The first kappa shape index (κ1) is 23.9. The number of benzene rings is 1. The van der Waals surface area contributed by atoms with Crippen LogP contribution in [0.25, 0.3) is 0 Å². The maximum atomic E-state index is 13.2. The Bertz CT molecular complexity index is 942. The van der Waals surface area contributed by atoms with Crippen LogP contribution < -0.4 is 0 Å². The smallest absolute Gasteiger partial charge is 0.325 e. The SMILES string of the molecule is Cc1cncc(C(=O)C(CCCCC(=O)O)(C(=O)O)C(=O)COCc2ccccc2)c1. The van der Waals surface area contributed by atoms with Crippen molar-refractivity contribution in [1.29, 1.82) is 0 Å². The van der Waals surface area contributed by atoms with Crippen molar-refractivity contribution in [3.05, 3.63) is 65.5 Å². The number of pyridine rings is 1. The lowest BCUT2D eigenvalue weighted by molar-refractivity contribution is -0.153. The van der Waals surface area contributed by atoms with Gasteiger partial charge in [0.1, 0.15) is 6.61 Å². The van der Waals surface area contributed by atoms with E-state index >= 15 is 0 Å². The topological polar surface area (TPSA) is 131 Å². The molecule has 0 aliphatic carbocycles. The van der Waals surface area contributed by atoms with Crippen LogP contribution in [0.4, 0.5) is 0 Å². The second-order valence-corrected chi connectivity index (χ2v) is 7.29. The molecule has 1 unspecified atom stereocenters. The summed E-state index contributed by atoms with van der Waals surface area (Å²) in [5.74, 6) is -4.37. The van der Waals surface area contributed by atoms with E-state index in [1.54, 1.807) is 31.2 Å². The Balaban J connectivity index is 2.26. The van der Waals surface area contributed by atoms with Crippen LogP contribution in [-0.4, -0.2) is 45.3 Å². The molecule has 8 nitrogen and oxygen atoms in total. The first-order valence-corrected chi connectivity index (χ1v) is 9.84. The molecule has 1 atom stereocenters. The Hall–Kier alpha value is -3.39. The van der Waals surface area contributed by atoms with Gasteiger partial charge in [0.05, 0.1) is 6.61 Å². The molecule has 1 aromatic heterocycles. The van der Waals surface area contributed by atoms with E-state index in [9.17, 15) is 24.3 Å². The minimum absolute atomic E-state index is 0.0112. The number of aryl methyl sites for hydroxylation is 1. The highest BCUT2D eigenvalue weighted by atomic mass is 16.5. The molecule has 0 radical (unpaired) electrons. The normalized spacial score (nSPS) is 12.7. The molecular weight excluding hydrogens is 402 g/mol. The van der Waals surface area contributed by atoms with Crippen molar-refractivity contribution in [2.24, 2.45) is 5.41 Å². The molecule has 31 heavy (non-hydrogen) atoms. The Labute approximate surface area is 179 Å². The number of hydrogen-bond acceptors (Lipinski definition) is 6. The third-order valence-electron chi connectivity index (χ3n) is 4.90. The van der Waals surface area contributed by atoms with Crippen molar-refractivity contribution in [3.8, 4) is 0 Å². The highest BCUT2D eigenvalue weighted by Crippen LogP contribution is 2.32. The zero-order chi connectivity index (χ0) is 22.9. The second kappa shape index (κ2) is 11.1. The number of Topliss-reactive ketones (excluding diaryl/α,β-unsaturated/α-hetero) is 2. The number of carboxylic acid groups (broad SMARTS) is 2. The zero-order valence-corrected chi connectivity index (χ0v) is 17.2. The molecule has 0 bridgehead atoms. The number of hydrogen-bond donors (Lipinski definition) is 2. The van der Waals surface area contributed by atoms with Gasteiger partial charge in [0, 0.05) is 24.4 Å². The molecule has 0 aliphatic rings. The summed E-state index contributed by atoms with van der Waals surface area (Å²) in [6.45, 7) is 1.22. The van der Waals surface area contributed by atoms with Crippen molar-refractivity contribution in [2.45, 2.75) is 39.2 Å². The number of carbonyl (C=O) groups is 4. The number of carbonyl (C=O) groups excluding carboxylic acids is 2. The van der Waals surface area contributed by atoms with Crippen LogP contribution >= 0.6 is 0 Å². The number of rotatable bonds is 13. The Kier molecular flexibility index (Phi) is 8.57. The molecule has 0 aliphatic heterocycles. The van der Waals surface area contributed by atoms with E-state index in [1.165, 1.54) is 18.5 Å². The van der Waals surface area contributed by atoms with E-state index in [4.69, 9.17) is 9.84 Å². The Morgan fingerprint density at radius 1 is 1.03 bits per heavy atom. The molecule has 0 saturated heterocycles. The zero-order valence-electron chi connectivity index (χ0n) is 17.2. The summed E-state index contributed by atoms with van der Waals surface area (Å²) in [7, 11) is 0. The van der Waals surface area contributed by atoms with E-state index in [0.717, 1.165) is 5.56 Å². The van der Waals surface area contributed by atoms with Gasteiger partial charge in [-0.1, -0.05) is 36.8 Å². The first-order valence-electron chi connectivity index (χ1n) is 9.84. The molecule has 8 heteroatoms. The third-order valence-corrected chi connectivity index (χ3v) is 4.90. The molecular formula is C23H25NO7. The number of nitrogens with zero attached hydrogens (tertiary/aromatic N) is 1. The van der Waals surface area contributed by atoms with Crippen LogP contribution in [0.2, 0.25) is 0 Å². The van der Waals surface area contributed by atoms with E-state index in [1.807, 2.05) is 6.07 Å². The first-order chi connectivity index (χ1) is 14.8. The Morgan fingerprint density at radius 2 is 1.74 bits per heavy atom. The van der Waals surface area contributed by atoms with Crippen LogP contribution in [0.5, 0.6) is 0 Å². The van der Waals surface area contributed by atoms with Gasteiger partial charge in [-0.25, -0.2) is 0 Å². The molecule has 1 aromatic carbocycles. The van der Waals surface area contributed by atoms with Crippen molar-refractivity contribution in [3.63, 3.8) is 0 Å². The summed E-state index contributed by atoms with van der Waals surface area (Å²) in [4.78, 5) is 53.3. The number of unbranched alkanes of at least 4 members (excludes halogenated alkanes) is 1. The predicted octanol–water partition coefficient (Wildman–Crippen LogP) is 3.07. The number of aromatic nitrogens is 1. The molecule has 0 spiro atoms. The summed E-state index contributed by atoms with van der Waals surface area (Å²) in [6, 6.07) is 10.5. The molecule has 2 aromatic rings. The summed E-state index contributed by atoms with van der Waals surface area (Å²) < 4.78 is 5.42. The maximum Gasteiger partial charge on any atom is 0.325 e. The van der Waals surface area contributed by atoms with Gasteiger partial charge in [-0.05, 0) is 37.0 Å². The fourth-order valence-corrected chi connectivity index (χ4v) is 3.25. The van der Waals surface area contributed by atoms with Gasteiger partial charge < -0.3 is 14.9 Å². The van der Waals surface area contributed by atoms with Crippen LogP contribution in [0.3, 0.4) is 0 Å². The van der Waals surface area contributed by atoms with E-state index in [0.29, 0.717) is 5.56 Å². The quantitative estimate of drug-likeness (QED) is 0.283. The van der Waals surface area contributed by atoms with Gasteiger partial charge in [-0.3, -0.25) is 24.2 Å². The molecule has 2 N–H and O–H groups in total. The van der Waals surface area contributed by atoms with E-state index in [-0.39, 0.29) is 37.9 Å². The monoisotopic (exact) mass is 427 g/mol. The third kappa shape index (κ3) is 6.29. The highest BCUT2D eigenvalue weighted by Gasteiger charge is 2.52. The van der Waals surface area contributed by atoms with Gasteiger partial charge in [-0.2, -0.15) is 0 Å². The standard InChI is InChI=1S/C23H25NO7/c1-16-11-18(13-24-12-16)21(28)23(22(29)30,10-6-5-9-20(26)27)19(25)15-31-14-17-7-3-2-4-8-17/h2-4,7-8,11-13H,5-6,9-10,14-15H2,1H3,(H,26,27)(H,29,30). The van der Waals surface area contributed by atoms with Crippen LogP contribution in [0.15, 0.2) is 48.8 Å². The number of aliphatic carboxylic acids is 2. The lowest BCUT2D eigenvalue weighted by Gasteiger charge is -2.26. The number of carboxylic acids is 2. The fourth-order valence-electron chi connectivity index (χ4n) is 3.25. The minimum atomic E-state index is -2.37. The van der Waals surface area contributed by atoms with Crippen LogP contribution in [-0.2, 0) is 25.7 Å². The Morgan fingerprint density at radius 3 is 2.35 bits per heavy atom. The van der Waals surface area contributed by atoms with Gasteiger partial charge >= 0.3 is 11.9 Å². The fraction of sp³-hybridized carbons (Fsp3) is 0.348. The van der Waals surface area contributed by atoms with Crippen LogP contribution in [0.1, 0.15) is 47.2 Å². The number of ketones is 2. The van der Waals surface area contributed by atoms with Crippen molar-refractivity contribution >= 4 is 23.5 Å². The molecule has 1 heterocycles. The van der Waals surface area contributed by atoms with Gasteiger partial charge in [0.25, 0.3) is 0 Å². The summed E-state index contributed by atoms with van der Waals surface area (Å²) in [5.41, 5.74) is -0.919. The predicted molar refractivity (Wildman–Crippen MR) is 111 cm³/mol. The van der Waals surface area contributed by atoms with Gasteiger partial charge in [0.15, 0.2) is 17.0 Å². The van der Waals surface area contributed by atoms with Gasteiger partial charge in [0.2, 0.25) is 0 Å².